The van der Waals surface area contributed by atoms with Gasteiger partial charge in [-0.1, -0.05) is 0 Å². The number of carbonyl (C=O) groups excluding carboxylic acids is 1. The van der Waals surface area contributed by atoms with Gasteiger partial charge < -0.3 is 4.98 Å². The first-order valence-electron chi connectivity index (χ1n) is 4.78. The van der Waals surface area contributed by atoms with Gasteiger partial charge in [0.25, 0.3) is 0 Å². The molecule has 14 heavy (non-hydrogen) atoms. The van der Waals surface area contributed by atoms with E-state index in [1.54, 1.807) is 6.20 Å². The van der Waals surface area contributed by atoms with Crippen LogP contribution in [0.4, 0.5) is 0 Å². The van der Waals surface area contributed by atoms with E-state index in [2.05, 4.69) is 16.0 Å². The fourth-order valence-electron chi connectivity index (χ4n) is 1.91. The third-order valence-electron chi connectivity index (χ3n) is 2.80. The number of rotatable bonds is 1. The van der Waals surface area contributed by atoms with Gasteiger partial charge >= 0.3 is 0 Å². The highest BCUT2D eigenvalue weighted by Crippen LogP contribution is 2.34. The highest BCUT2D eigenvalue weighted by atomic mass is 16.1. The molecule has 1 N–H and O–H groups in total. The molecule has 0 bridgehead atoms. The molecule has 2 aromatic heterocycles. The summed E-state index contributed by atoms with van der Waals surface area (Å²) in [4.78, 5) is 18.3. The molecular formula is C11H10N2O. The highest BCUT2D eigenvalue weighted by Gasteiger charge is 2.29. The average molecular weight is 186 g/mol. The number of hydrogen-bond donors (Lipinski definition) is 1. The number of hydrogen-bond acceptors (Lipinski definition) is 2. The summed E-state index contributed by atoms with van der Waals surface area (Å²) in [6.45, 7) is 0. The molecule has 3 nitrogen and oxygen atoms in total. The molecule has 1 fully saturated rings. The maximum absolute atomic E-state index is 10.9. The number of aromatic nitrogens is 2. The average Bonchev–Trinajstić information content (AvgIpc) is 2.55. The van der Waals surface area contributed by atoms with Crippen molar-refractivity contribution in [1.82, 2.24) is 9.97 Å². The number of carbonyl (C=O) groups is 1. The summed E-state index contributed by atoms with van der Waals surface area (Å²) >= 11 is 0. The smallest absolute Gasteiger partial charge is 0.137 e. The zero-order valence-electron chi connectivity index (χ0n) is 7.66. The summed E-state index contributed by atoms with van der Waals surface area (Å²) in [5, 5.41) is 1.13. The molecule has 0 radical (unpaired) electrons. The Labute approximate surface area is 81.2 Å². The second kappa shape index (κ2) is 2.67. The van der Waals surface area contributed by atoms with E-state index in [0.29, 0.717) is 24.5 Å². The van der Waals surface area contributed by atoms with Crippen molar-refractivity contribution >= 4 is 16.8 Å². The first-order valence-corrected chi connectivity index (χ1v) is 4.78. The van der Waals surface area contributed by atoms with E-state index >= 15 is 0 Å². The third-order valence-corrected chi connectivity index (χ3v) is 2.80. The van der Waals surface area contributed by atoms with Gasteiger partial charge in [0.2, 0.25) is 0 Å². The molecule has 70 valence electrons. The Morgan fingerprint density at radius 2 is 2.29 bits per heavy atom. The number of H-pyrrole nitrogens is 1. The van der Waals surface area contributed by atoms with Crippen LogP contribution in [-0.2, 0) is 4.79 Å². The van der Waals surface area contributed by atoms with Crippen LogP contribution in [0, 0.1) is 0 Å². The van der Waals surface area contributed by atoms with Crippen LogP contribution in [0.1, 0.15) is 24.5 Å². The Kier molecular flexibility index (Phi) is 1.48. The molecule has 1 aliphatic rings. The number of nitrogens with one attached hydrogen (secondary N) is 1. The Bertz CT molecular complexity index is 460. The Morgan fingerprint density at radius 1 is 1.43 bits per heavy atom. The molecule has 2 aromatic rings. The van der Waals surface area contributed by atoms with Gasteiger partial charge in [0.05, 0.1) is 0 Å². The van der Waals surface area contributed by atoms with Crippen LogP contribution in [0.5, 0.6) is 0 Å². The molecule has 0 unspecified atom stereocenters. The molecule has 0 atom stereocenters. The molecule has 0 aliphatic heterocycles. The van der Waals surface area contributed by atoms with Crippen molar-refractivity contribution in [3.05, 3.63) is 30.1 Å². The molecular weight excluding hydrogens is 176 g/mol. The van der Waals surface area contributed by atoms with Crippen LogP contribution in [0.3, 0.4) is 0 Å². The number of aromatic amines is 1. The largest absolute Gasteiger partial charge is 0.343 e. The normalized spacial score (nSPS) is 17.3. The van der Waals surface area contributed by atoms with Gasteiger partial charge in [-0.25, -0.2) is 4.98 Å². The van der Waals surface area contributed by atoms with Crippen LogP contribution in [0.2, 0.25) is 0 Å². The topological polar surface area (TPSA) is 45.8 Å². The second-order valence-electron chi connectivity index (χ2n) is 3.81. The first kappa shape index (κ1) is 7.74. The minimum Gasteiger partial charge on any atom is -0.343 e. The summed E-state index contributed by atoms with van der Waals surface area (Å²) in [6, 6.07) is 6.05. The Morgan fingerprint density at radius 3 is 3.00 bits per heavy atom. The highest BCUT2D eigenvalue weighted by molar-refractivity contribution is 5.87. The maximum Gasteiger partial charge on any atom is 0.137 e. The molecule has 2 heterocycles. The Hall–Kier alpha value is -1.64. The van der Waals surface area contributed by atoms with Gasteiger partial charge in [-0.2, -0.15) is 0 Å². The maximum atomic E-state index is 10.9. The predicted octanol–water partition coefficient (Wildman–Crippen LogP) is 2.01. The van der Waals surface area contributed by atoms with Crippen LogP contribution >= 0.6 is 0 Å². The Balaban J connectivity index is 2.02. The number of nitrogens with zero attached hydrogens (tertiary/aromatic N) is 1. The fourth-order valence-corrected chi connectivity index (χ4v) is 1.91. The van der Waals surface area contributed by atoms with Gasteiger partial charge in [-0.05, 0) is 18.2 Å². The molecule has 0 aromatic carbocycles. The first-order chi connectivity index (χ1) is 6.83. The second-order valence-corrected chi connectivity index (χ2v) is 3.81. The molecule has 1 aliphatic carbocycles. The van der Waals surface area contributed by atoms with Crippen molar-refractivity contribution < 1.29 is 4.79 Å². The minimum atomic E-state index is 0.363. The summed E-state index contributed by atoms with van der Waals surface area (Å²) in [5.41, 5.74) is 2.07. The summed E-state index contributed by atoms with van der Waals surface area (Å²) in [6.07, 6.45) is 3.15. The van der Waals surface area contributed by atoms with Gasteiger partial charge in [0, 0.05) is 36.0 Å². The van der Waals surface area contributed by atoms with E-state index in [9.17, 15) is 4.79 Å². The van der Waals surface area contributed by atoms with Gasteiger partial charge in [0.15, 0.2) is 0 Å². The van der Waals surface area contributed by atoms with Crippen LogP contribution in [-0.4, -0.2) is 15.8 Å². The van der Waals surface area contributed by atoms with Crippen LogP contribution in [0.25, 0.3) is 11.0 Å². The van der Waals surface area contributed by atoms with Crippen molar-refractivity contribution in [3.8, 4) is 0 Å². The summed E-state index contributed by atoms with van der Waals surface area (Å²) in [7, 11) is 0. The molecule has 1 saturated carbocycles. The van der Waals surface area contributed by atoms with E-state index in [1.165, 1.54) is 0 Å². The zero-order valence-corrected chi connectivity index (χ0v) is 7.66. The lowest BCUT2D eigenvalue weighted by atomic mass is 9.82. The van der Waals surface area contributed by atoms with Gasteiger partial charge in [0.1, 0.15) is 11.4 Å². The lowest BCUT2D eigenvalue weighted by Crippen LogP contribution is -2.21. The van der Waals surface area contributed by atoms with E-state index < -0.39 is 0 Å². The molecule has 0 amide bonds. The van der Waals surface area contributed by atoms with Gasteiger partial charge in [-0.3, -0.25) is 4.79 Å². The van der Waals surface area contributed by atoms with Crippen molar-refractivity contribution in [2.24, 2.45) is 0 Å². The lowest BCUT2D eigenvalue weighted by molar-refractivity contribution is -0.124. The van der Waals surface area contributed by atoms with E-state index in [-0.39, 0.29) is 0 Å². The van der Waals surface area contributed by atoms with Crippen molar-refractivity contribution in [2.75, 3.05) is 0 Å². The SMILES string of the molecule is O=C1CC(c2cc3cccnc3[nH]2)C1. The molecule has 0 spiro atoms. The third kappa shape index (κ3) is 1.05. The monoisotopic (exact) mass is 186 g/mol. The van der Waals surface area contributed by atoms with E-state index in [0.717, 1.165) is 16.7 Å². The summed E-state index contributed by atoms with van der Waals surface area (Å²) in [5.74, 6) is 0.762. The van der Waals surface area contributed by atoms with Crippen LogP contribution in [0.15, 0.2) is 24.4 Å². The van der Waals surface area contributed by atoms with E-state index in [1.807, 2.05) is 12.1 Å². The molecule has 0 saturated heterocycles. The molecule has 3 heteroatoms. The standard InChI is InChI=1S/C11H10N2O/c14-9-4-8(5-9)10-6-7-2-1-3-12-11(7)13-10/h1-3,6,8H,4-5H2,(H,12,13). The number of pyridine rings is 1. The number of fused-ring (bicyclic) bond motifs is 1. The number of Topliss-reactive ketones (excluding diaryl/α,β-unsaturated/α-hetero) is 1. The van der Waals surface area contributed by atoms with Crippen molar-refractivity contribution in [2.45, 2.75) is 18.8 Å². The lowest BCUT2D eigenvalue weighted by Gasteiger charge is -2.22. The van der Waals surface area contributed by atoms with Crippen molar-refractivity contribution in [3.63, 3.8) is 0 Å². The van der Waals surface area contributed by atoms with Crippen molar-refractivity contribution in [1.29, 1.82) is 0 Å². The fraction of sp³-hybridized carbons (Fsp3) is 0.273. The number of ketones is 1. The molecule has 3 rings (SSSR count). The van der Waals surface area contributed by atoms with E-state index in [4.69, 9.17) is 0 Å². The minimum absolute atomic E-state index is 0.363. The van der Waals surface area contributed by atoms with Gasteiger partial charge in [-0.15, -0.1) is 0 Å². The van der Waals surface area contributed by atoms with Crippen LogP contribution < -0.4 is 0 Å². The predicted molar refractivity (Wildman–Crippen MR) is 53.1 cm³/mol. The quantitative estimate of drug-likeness (QED) is 0.740. The zero-order chi connectivity index (χ0) is 9.54. The summed E-state index contributed by atoms with van der Waals surface area (Å²) < 4.78 is 0.